The van der Waals surface area contributed by atoms with Crippen molar-refractivity contribution in [3.8, 4) is 17.1 Å². The van der Waals surface area contributed by atoms with Crippen LogP contribution in [0.15, 0.2) is 34.5 Å². The number of carbonyl (C=O) groups excluding carboxylic acids is 1. The molecule has 0 N–H and O–H groups in total. The van der Waals surface area contributed by atoms with Gasteiger partial charge in [-0.2, -0.15) is 9.78 Å². The summed E-state index contributed by atoms with van der Waals surface area (Å²) in [6.07, 6.45) is 0. The molecule has 0 saturated heterocycles. The van der Waals surface area contributed by atoms with Gasteiger partial charge in [-0.15, -0.1) is 10.2 Å². The number of rotatable bonds is 3. The molecule has 1 atom stereocenters. The van der Waals surface area contributed by atoms with Gasteiger partial charge in [-0.05, 0) is 38.1 Å². The monoisotopic (exact) mass is 302 g/mol. The summed E-state index contributed by atoms with van der Waals surface area (Å²) in [6, 6.07) is 7.54. The average molecular weight is 302 g/mol. The van der Waals surface area contributed by atoms with Crippen LogP contribution in [0, 0.1) is 0 Å². The van der Waals surface area contributed by atoms with E-state index in [1.165, 1.54) is 11.8 Å². The molecule has 1 aromatic carbocycles. The quantitative estimate of drug-likeness (QED) is 0.869. The Bertz CT molecular complexity index is 721. The van der Waals surface area contributed by atoms with Crippen LogP contribution in [-0.2, 0) is 4.79 Å². The van der Waals surface area contributed by atoms with Crippen molar-refractivity contribution >= 4 is 23.3 Å². The van der Waals surface area contributed by atoms with Crippen LogP contribution in [0.4, 0.5) is 0 Å². The number of thioether (sulfide) groups is 1. The molecule has 0 saturated carbocycles. The minimum absolute atomic E-state index is 0.0708. The second-order valence-corrected chi connectivity index (χ2v) is 5.77. The van der Waals surface area contributed by atoms with Gasteiger partial charge in [-0.1, -0.05) is 11.8 Å². The van der Waals surface area contributed by atoms with Crippen molar-refractivity contribution in [3.05, 3.63) is 24.3 Å². The molecule has 3 rings (SSSR count). The lowest BCUT2D eigenvalue weighted by atomic mass is 10.2. The molecule has 7 heteroatoms. The van der Waals surface area contributed by atoms with Crippen LogP contribution in [0.1, 0.15) is 13.8 Å². The van der Waals surface area contributed by atoms with Gasteiger partial charge in [0.25, 0.3) is 0 Å². The number of aromatic nitrogens is 3. The largest absolute Gasteiger partial charge is 0.497 e. The van der Waals surface area contributed by atoms with Crippen molar-refractivity contribution in [2.45, 2.75) is 24.3 Å². The van der Waals surface area contributed by atoms with Gasteiger partial charge in [0.2, 0.25) is 5.16 Å². The number of ether oxygens (including phenoxy) is 1. The Kier molecular flexibility index (Phi) is 3.50. The fourth-order valence-corrected chi connectivity index (χ4v) is 3.04. The highest BCUT2D eigenvalue weighted by Crippen LogP contribution is 2.32. The second kappa shape index (κ2) is 5.33. The first-order valence-electron chi connectivity index (χ1n) is 6.42. The molecule has 2 aromatic rings. The molecule has 21 heavy (non-hydrogen) atoms. The van der Waals surface area contributed by atoms with E-state index in [1.807, 2.05) is 31.2 Å². The van der Waals surface area contributed by atoms with E-state index in [0.29, 0.717) is 11.0 Å². The maximum Gasteiger partial charge on any atom is 0.213 e. The molecule has 1 aliphatic rings. The highest BCUT2D eigenvalue weighted by Gasteiger charge is 2.28. The third-order valence-electron chi connectivity index (χ3n) is 3.19. The number of hydrogen-bond acceptors (Lipinski definition) is 6. The lowest BCUT2D eigenvalue weighted by molar-refractivity contribution is -0.115. The number of nitrogens with zero attached hydrogens (tertiary/aromatic N) is 4. The zero-order valence-corrected chi connectivity index (χ0v) is 12.7. The van der Waals surface area contributed by atoms with Gasteiger partial charge in [0.15, 0.2) is 5.82 Å². The van der Waals surface area contributed by atoms with Gasteiger partial charge in [0.05, 0.1) is 12.8 Å². The van der Waals surface area contributed by atoms with Crippen LogP contribution in [0.3, 0.4) is 0 Å². The maximum absolute atomic E-state index is 11.6. The van der Waals surface area contributed by atoms with Gasteiger partial charge < -0.3 is 4.74 Å². The van der Waals surface area contributed by atoms with E-state index in [4.69, 9.17) is 4.74 Å². The highest BCUT2D eigenvalue weighted by atomic mass is 32.2. The zero-order valence-electron chi connectivity index (χ0n) is 11.9. The van der Waals surface area contributed by atoms with E-state index in [9.17, 15) is 4.79 Å². The molecule has 6 nitrogen and oxygen atoms in total. The van der Waals surface area contributed by atoms with Gasteiger partial charge >= 0.3 is 0 Å². The van der Waals surface area contributed by atoms with E-state index >= 15 is 0 Å². The van der Waals surface area contributed by atoms with Crippen molar-refractivity contribution in [1.29, 1.82) is 0 Å². The summed E-state index contributed by atoms with van der Waals surface area (Å²) in [5.74, 6) is 1.51. The lowest BCUT2D eigenvalue weighted by Gasteiger charge is -2.18. The van der Waals surface area contributed by atoms with Gasteiger partial charge in [0, 0.05) is 5.56 Å². The molecular weight excluding hydrogens is 288 g/mol. The Balaban J connectivity index is 2.01. The van der Waals surface area contributed by atoms with Gasteiger partial charge in [-0.25, -0.2) is 0 Å². The molecule has 1 aromatic heterocycles. The average Bonchev–Trinajstić information content (AvgIpc) is 2.89. The number of hydrogen-bond donors (Lipinski definition) is 0. The summed E-state index contributed by atoms with van der Waals surface area (Å²) in [5, 5.41) is 13.1. The summed E-state index contributed by atoms with van der Waals surface area (Å²) in [6.45, 7) is 3.41. The summed E-state index contributed by atoms with van der Waals surface area (Å²) in [5.41, 5.74) is 1.66. The van der Waals surface area contributed by atoms with Crippen molar-refractivity contribution < 1.29 is 9.53 Å². The molecule has 0 spiro atoms. The SMILES string of the molecule is COc1ccc(-c2nnc3n2N=C(C)[C@@H](C(C)=O)S3)cc1. The van der Waals surface area contributed by atoms with Crippen LogP contribution in [-0.4, -0.2) is 38.7 Å². The van der Waals surface area contributed by atoms with Crippen molar-refractivity contribution in [2.75, 3.05) is 7.11 Å². The number of methoxy groups -OCH3 is 1. The molecule has 0 fully saturated rings. The summed E-state index contributed by atoms with van der Waals surface area (Å²) < 4.78 is 6.83. The van der Waals surface area contributed by atoms with E-state index in [1.54, 1.807) is 18.7 Å². The maximum atomic E-state index is 11.6. The number of benzene rings is 1. The second-order valence-electron chi connectivity index (χ2n) is 4.70. The van der Waals surface area contributed by atoms with Crippen LogP contribution >= 0.6 is 11.8 Å². The van der Waals surface area contributed by atoms with Crippen molar-refractivity contribution in [1.82, 2.24) is 14.9 Å². The fraction of sp³-hybridized carbons (Fsp3) is 0.286. The number of ketones is 1. The molecule has 0 bridgehead atoms. The molecule has 0 unspecified atom stereocenters. The molecule has 2 heterocycles. The fourth-order valence-electron chi connectivity index (χ4n) is 2.13. The minimum atomic E-state index is -0.273. The van der Waals surface area contributed by atoms with Crippen LogP contribution < -0.4 is 4.74 Å². The Hall–Kier alpha value is -2.15. The number of Topliss-reactive ketones (excluding diaryl/α,β-unsaturated/α-hetero) is 1. The first kappa shape index (κ1) is 13.8. The minimum Gasteiger partial charge on any atom is -0.497 e. The van der Waals surface area contributed by atoms with Crippen LogP contribution in [0.25, 0.3) is 11.4 Å². The molecular formula is C14H14N4O2S. The Morgan fingerprint density at radius 1 is 1.29 bits per heavy atom. The van der Waals surface area contributed by atoms with Gasteiger partial charge in [-0.3, -0.25) is 4.79 Å². The smallest absolute Gasteiger partial charge is 0.213 e. The summed E-state index contributed by atoms with van der Waals surface area (Å²) in [4.78, 5) is 11.6. The zero-order chi connectivity index (χ0) is 15.0. The first-order valence-corrected chi connectivity index (χ1v) is 7.30. The topological polar surface area (TPSA) is 69.4 Å². The molecule has 0 radical (unpaired) electrons. The molecule has 1 aliphatic heterocycles. The lowest BCUT2D eigenvalue weighted by Crippen LogP contribution is -2.27. The van der Waals surface area contributed by atoms with E-state index < -0.39 is 0 Å². The van der Waals surface area contributed by atoms with E-state index in [2.05, 4.69) is 15.3 Å². The Morgan fingerprint density at radius 3 is 2.62 bits per heavy atom. The van der Waals surface area contributed by atoms with Crippen LogP contribution in [0.5, 0.6) is 5.75 Å². The number of carbonyl (C=O) groups is 1. The van der Waals surface area contributed by atoms with Gasteiger partial charge in [0.1, 0.15) is 16.8 Å². The molecule has 0 aliphatic carbocycles. The molecule has 0 amide bonds. The van der Waals surface area contributed by atoms with E-state index in [0.717, 1.165) is 17.0 Å². The summed E-state index contributed by atoms with van der Waals surface area (Å²) in [7, 11) is 1.63. The first-order chi connectivity index (χ1) is 10.1. The predicted octanol–water partition coefficient (Wildman–Crippen LogP) is 2.24. The van der Waals surface area contributed by atoms with Crippen molar-refractivity contribution in [2.24, 2.45) is 5.10 Å². The Morgan fingerprint density at radius 2 is 2.00 bits per heavy atom. The third-order valence-corrected chi connectivity index (χ3v) is 4.56. The third kappa shape index (κ3) is 2.44. The normalized spacial score (nSPS) is 17.1. The highest BCUT2D eigenvalue weighted by molar-refractivity contribution is 8.01. The van der Waals surface area contributed by atoms with E-state index in [-0.39, 0.29) is 11.0 Å². The predicted molar refractivity (Wildman–Crippen MR) is 80.8 cm³/mol. The Labute approximate surface area is 126 Å². The van der Waals surface area contributed by atoms with Crippen molar-refractivity contribution in [3.63, 3.8) is 0 Å². The van der Waals surface area contributed by atoms with Crippen LogP contribution in [0.2, 0.25) is 0 Å². The number of fused-ring (bicyclic) bond motifs is 1. The summed E-state index contributed by atoms with van der Waals surface area (Å²) >= 11 is 1.38. The molecule has 108 valence electrons. The standard InChI is InChI=1S/C14H14N4O2S/c1-8-12(9(2)19)21-14-16-15-13(18(14)17-8)10-4-6-11(20-3)7-5-10/h4-7,12H,1-3H3/t12-/m0/s1.